The van der Waals surface area contributed by atoms with Gasteiger partial charge in [0.15, 0.2) is 5.43 Å². The van der Waals surface area contributed by atoms with Crippen LogP contribution in [-0.2, 0) is 0 Å². The van der Waals surface area contributed by atoms with Crippen molar-refractivity contribution < 1.29 is 9.52 Å². The minimum Gasteiger partial charge on any atom is -0.464 e. The van der Waals surface area contributed by atoms with Gasteiger partial charge in [0.1, 0.15) is 11.8 Å². The Kier molecular flexibility index (Phi) is 3.31. The van der Waals surface area contributed by atoms with Crippen LogP contribution in [0.2, 0.25) is 5.02 Å². The van der Waals surface area contributed by atoms with Crippen molar-refractivity contribution in [1.29, 1.82) is 0 Å². The van der Waals surface area contributed by atoms with Gasteiger partial charge in [-0.3, -0.25) is 4.79 Å². The summed E-state index contributed by atoms with van der Waals surface area (Å²) in [5, 5.41) is 10.6. The van der Waals surface area contributed by atoms with E-state index in [2.05, 4.69) is 6.58 Å². The van der Waals surface area contributed by atoms with Crippen LogP contribution in [0.25, 0.3) is 11.0 Å². The Hall–Kier alpha value is -1.58. The van der Waals surface area contributed by atoms with E-state index in [9.17, 15) is 9.90 Å². The lowest BCUT2D eigenvalue weighted by Crippen LogP contribution is -2.12. The molecule has 88 valence electrons. The molecule has 0 spiro atoms. The molecule has 4 heteroatoms. The van der Waals surface area contributed by atoms with E-state index in [1.807, 2.05) is 0 Å². The van der Waals surface area contributed by atoms with Gasteiger partial charge in [0, 0.05) is 5.02 Å². The molecule has 0 fully saturated rings. The van der Waals surface area contributed by atoms with Crippen molar-refractivity contribution in [3.8, 4) is 0 Å². The van der Waals surface area contributed by atoms with Crippen molar-refractivity contribution in [2.24, 2.45) is 0 Å². The van der Waals surface area contributed by atoms with E-state index < -0.39 is 6.10 Å². The molecule has 1 N–H and O–H groups in total. The fourth-order valence-electron chi connectivity index (χ4n) is 1.63. The van der Waals surface area contributed by atoms with Crippen molar-refractivity contribution in [3.05, 3.63) is 57.9 Å². The lowest BCUT2D eigenvalue weighted by Gasteiger charge is -2.07. The number of rotatable bonds is 3. The van der Waals surface area contributed by atoms with Crippen LogP contribution < -0.4 is 5.43 Å². The summed E-state index contributed by atoms with van der Waals surface area (Å²) in [7, 11) is 0. The molecule has 2 rings (SSSR count). The highest BCUT2D eigenvalue weighted by Gasteiger charge is 2.14. The third-order valence-corrected chi connectivity index (χ3v) is 2.75. The van der Waals surface area contributed by atoms with Crippen molar-refractivity contribution >= 4 is 22.6 Å². The molecule has 0 saturated carbocycles. The van der Waals surface area contributed by atoms with Gasteiger partial charge in [0.25, 0.3) is 0 Å². The Labute approximate surface area is 103 Å². The molecule has 17 heavy (non-hydrogen) atoms. The highest BCUT2D eigenvalue weighted by atomic mass is 35.5. The third kappa shape index (κ3) is 2.25. The van der Waals surface area contributed by atoms with Gasteiger partial charge in [0.2, 0.25) is 0 Å². The molecule has 0 aliphatic carbocycles. The molecule has 1 aromatic carbocycles. The predicted molar refractivity (Wildman–Crippen MR) is 67.3 cm³/mol. The van der Waals surface area contributed by atoms with Crippen molar-refractivity contribution in [3.63, 3.8) is 0 Å². The molecule has 1 atom stereocenters. The number of hydrogen-bond acceptors (Lipinski definition) is 3. The van der Waals surface area contributed by atoms with Gasteiger partial charge < -0.3 is 9.52 Å². The second-order valence-corrected chi connectivity index (χ2v) is 4.14. The van der Waals surface area contributed by atoms with Crippen molar-refractivity contribution in [2.45, 2.75) is 12.5 Å². The fourth-order valence-corrected chi connectivity index (χ4v) is 1.81. The molecule has 2 aromatic rings. The molecule has 0 saturated heterocycles. The molecule has 0 amide bonds. The highest BCUT2D eigenvalue weighted by molar-refractivity contribution is 6.31. The Morgan fingerprint density at radius 1 is 1.53 bits per heavy atom. The smallest absolute Gasteiger partial charge is 0.198 e. The molecule has 0 bridgehead atoms. The number of fused-ring (bicyclic) bond motifs is 1. The van der Waals surface area contributed by atoms with Gasteiger partial charge >= 0.3 is 0 Å². The lowest BCUT2D eigenvalue weighted by atomic mass is 10.1. The summed E-state index contributed by atoms with van der Waals surface area (Å²) in [6.07, 6.45) is 2.24. The summed E-state index contributed by atoms with van der Waals surface area (Å²) in [4.78, 5) is 12.1. The first kappa shape index (κ1) is 11.9. The van der Waals surface area contributed by atoms with E-state index in [1.165, 1.54) is 12.3 Å². The quantitative estimate of drug-likeness (QED) is 0.852. The maximum Gasteiger partial charge on any atom is 0.198 e. The largest absolute Gasteiger partial charge is 0.464 e. The van der Waals surface area contributed by atoms with Crippen LogP contribution in [0.5, 0.6) is 0 Å². The second-order valence-electron chi connectivity index (χ2n) is 3.70. The SMILES string of the molecule is C=CCC(O)c1coc2ccc(Cl)cc2c1=O. The minimum atomic E-state index is -0.896. The van der Waals surface area contributed by atoms with Crippen molar-refractivity contribution in [2.75, 3.05) is 0 Å². The third-order valence-electron chi connectivity index (χ3n) is 2.51. The number of aliphatic hydroxyl groups excluding tert-OH is 1. The van der Waals surface area contributed by atoms with Crippen LogP contribution in [-0.4, -0.2) is 5.11 Å². The lowest BCUT2D eigenvalue weighted by molar-refractivity contribution is 0.178. The predicted octanol–water partition coefficient (Wildman–Crippen LogP) is 3.06. The summed E-state index contributed by atoms with van der Waals surface area (Å²) in [6, 6.07) is 4.81. The Bertz CT molecular complexity index is 616. The highest BCUT2D eigenvalue weighted by Crippen LogP contribution is 2.20. The molecule has 0 aliphatic rings. The first-order valence-electron chi connectivity index (χ1n) is 5.13. The molecule has 1 aromatic heterocycles. The average molecular weight is 251 g/mol. The summed E-state index contributed by atoms with van der Waals surface area (Å²) < 4.78 is 5.29. The first-order valence-corrected chi connectivity index (χ1v) is 5.51. The molecule has 1 unspecified atom stereocenters. The molecule has 0 radical (unpaired) electrons. The molecule has 0 aliphatic heterocycles. The summed E-state index contributed by atoms with van der Waals surface area (Å²) in [5.74, 6) is 0. The zero-order valence-electron chi connectivity index (χ0n) is 9.02. The molecular weight excluding hydrogens is 240 g/mol. The van der Waals surface area contributed by atoms with Crippen molar-refractivity contribution in [1.82, 2.24) is 0 Å². The van der Waals surface area contributed by atoms with Gasteiger partial charge in [-0.15, -0.1) is 6.58 Å². The number of benzene rings is 1. The van der Waals surface area contributed by atoms with Gasteiger partial charge in [-0.05, 0) is 24.6 Å². The van der Waals surface area contributed by atoms with Crippen LogP contribution in [0.1, 0.15) is 18.1 Å². The van der Waals surface area contributed by atoms with Gasteiger partial charge in [-0.25, -0.2) is 0 Å². The number of hydrogen-bond donors (Lipinski definition) is 1. The summed E-state index contributed by atoms with van der Waals surface area (Å²) in [6.45, 7) is 3.52. The van der Waals surface area contributed by atoms with Gasteiger partial charge in [-0.2, -0.15) is 0 Å². The Balaban J connectivity index is 2.64. The standard InChI is InChI=1S/C13H11ClO3/c1-2-3-11(15)10-7-17-12-5-4-8(14)6-9(12)13(10)16/h2,4-7,11,15H,1,3H2. The average Bonchev–Trinajstić information content (AvgIpc) is 2.30. The van der Waals surface area contributed by atoms with E-state index in [-0.39, 0.29) is 11.0 Å². The normalized spacial score (nSPS) is 12.6. The van der Waals surface area contributed by atoms with E-state index in [4.69, 9.17) is 16.0 Å². The van der Waals surface area contributed by atoms with Gasteiger partial charge in [-0.1, -0.05) is 17.7 Å². The molecular formula is C13H11ClO3. The van der Waals surface area contributed by atoms with E-state index in [1.54, 1.807) is 18.2 Å². The Morgan fingerprint density at radius 3 is 3.00 bits per heavy atom. The van der Waals surface area contributed by atoms with E-state index in [0.29, 0.717) is 22.4 Å². The maximum absolute atomic E-state index is 12.1. The van der Waals surface area contributed by atoms with Crippen LogP contribution in [0, 0.1) is 0 Å². The summed E-state index contributed by atoms with van der Waals surface area (Å²) >= 11 is 5.82. The zero-order valence-corrected chi connectivity index (χ0v) is 9.78. The number of halogens is 1. The monoisotopic (exact) mass is 250 g/mol. The van der Waals surface area contributed by atoms with Crippen LogP contribution in [0.3, 0.4) is 0 Å². The first-order chi connectivity index (χ1) is 8.13. The topological polar surface area (TPSA) is 50.4 Å². The zero-order chi connectivity index (χ0) is 12.4. The van der Waals surface area contributed by atoms with Crippen LogP contribution >= 0.6 is 11.6 Å². The van der Waals surface area contributed by atoms with Crippen LogP contribution in [0.15, 0.2) is 46.3 Å². The van der Waals surface area contributed by atoms with Crippen LogP contribution in [0.4, 0.5) is 0 Å². The molecule has 1 heterocycles. The number of aliphatic hydroxyl groups is 1. The van der Waals surface area contributed by atoms with E-state index >= 15 is 0 Å². The Morgan fingerprint density at radius 2 is 2.29 bits per heavy atom. The second kappa shape index (κ2) is 4.73. The maximum atomic E-state index is 12.1. The van der Waals surface area contributed by atoms with Gasteiger partial charge in [0.05, 0.1) is 17.1 Å². The molecule has 3 nitrogen and oxygen atoms in total. The van der Waals surface area contributed by atoms with E-state index in [0.717, 1.165) is 0 Å². The fraction of sp³-hybridized carbons (Fsp3) is 0.154. The summed E-state index contributed by atoms with van der Waals surface area (Å²) in [5.41, 5.74) is 0.414. The minimum absolute atomic E-state index is 0.222.